The van der Waals surface area contributed by atoms with E-state index < -0.39 is 0 Å². The quantitative estimate of drug-likeness (QED) is 0.340. The van der Waals surface area contributed by atoms with Crippen LogP contribution in [0.4, 0.5) is 0 Å². The summed E-state index contributed by atoms with van der Waals surface area (Å²) in [5, 5.41) is 14.8. The minimum Gasteiger partial charge on any atom is -0.618 e. The fourth-order valence-electron chi connectivity index (χ4n) is 2.56. The second kappa shape index (κ2) is 6.70. The van der Waals surface area contributed by atoms with Gasteiger partial charge >= 0.3 is 0 Å². The summed E-state index contributed by atoms with van der Waals surface area (Å²) in [4.78, 5) is 20.7. The molecule has 1 N–H and O–H groups in total. The Balaban J connectivity index is 1.67. The Labute approximate surface area is 151 Å². The van der Waals surface area contributed by atoms with Gasteiger partial charge in [0.1, 0.15) is 10.7 Å². The number of nitrogens with zero attached hydrogens (tertiary/aromatic N) is 2. The van der Waals surface area contributed by atoms with E-state index in [0.29, 0.717) is 26.8 Å². The van der Waals surface area contributed by atoms with Gasteiger partial charge in [-0.1, -0.05) is 30.3 Å². The summed E-state index contributed by atoms with van der Waals surface area (Å²) in [6.45, 7) is 0. The highest BCUT2D eigenvalue weighted by atomic mass is 32.2. The Morgan fingerprint density at radius 3 is 2.76 bits per heavy atom. The molecule has 4 rings (SSSR count). The first kappa shape index (κ1) is 15.9. The molecule has 124 valence electrons. The second-order valence-corrected chi connectivity index (χ2v) is 7.22. The number of benzene rings is 1. The van der Waals surface area contributed by atoms with Crippen LogP contribution in [0.15, 0.2) is 69.9 Å². The molecule has 25 heavy (non-hydrogen) atoms. The molecule has 0 spiro atoms. The molecule has 0 atom stereocenters. The lowest BCUT2D eigenvalue weighted by molar-refractivity contribution is -0.645. The minimum absolute atomic E-state index is 0.149. The Hall–Kier alpha value is -2.64. The maximum absolute atomic E-state index is 12.6. The fourth-order valence-corrected chi connectivity index (χ4v) is 4.31. The van der Waals surface area contributed by atoms with E-state index in [0.717, 1.165) is 15.9 Å². The summed E-state index contributed by atoms with van der Waals surface area (Å²) >= 11 is 2.80. The Kier molecular flexibility index (Phi) is 4.25. The maximum atomic E-state index is 12.6. The predicted octanol–water partition coefficient (Wildman–Crippen LogP) is 3.58. The number of hydrogen-bond acceptors (Lipinski definition) is 5. The van der Waals surface area contributed by atoms with E-state index in [1.54, 1.807) is 12.1 Å². The highest BCUT2D eigenvalue weighted by molar-refractivity contribution is 7.98. The molecule has 0 fully saturated rings. The molecule has 5 nitrogen and oxygen atoms in total. The first-order valence-electron chi connectivity index (χ1n) is 7.59. The summed E-state index contributed by atoms with van der Waals surface area (Å²) in [6.07, 6.45) is 1.45. The van der Waals surface area contributed by atoms with Gasteiger partial charge in [0.25, 0.3) is 10.6 Å². The standard InChI is InChI=1S/C18H13N3O2S2/c22-17-16-13(12-6-2-1-3-7-12)10-25-18(16)20-14(19-17)11-24-15-8-4-5-9-21(15)23/h1-10H,11H2,(H,19,20,22). The van der Waals surface area contributed by atoms with E-state index in [9.17, 15) is 10.0 Å². The molecular weight excluding hydrogens is 354 g/mol. The van der Waals surface area contributed by atoms with Gasteiger partial charge in [-0.3, -0.25) is 4.79 Å². The summed E-state index contributed by atoms with van der Waals surface area (Å²) in [6, 6.07) is 15.0. The molecule has 0 amide bonds. The topological polar surface area (TPSA) is 72.7 Å². The van der Waals surface area contributed by atoms with Gasteiger partial charge in [0.05, 0.1) is 11.1 Å². The summed E-state index contributed by atoms with van der Waals surface area (Å²) in [7, 11) is 0. The minimum atomic E-state index is -0.149. The number of hydrogen-bond donors (Lipinski definition) is 1. The van der Waals surface area contributed by atoms with Crippen LogP contribution in [-0.4, -0.2) is 9.97 Å². The largest absolute Gasteiger partial charge is 0.618 e. The van der Waals surface area contributed by atoms with Gasteiger partial charge < -0.3 is 10.2 Å². The maximum Gasteiger partial charge on any atom is 0.260 e. The SMILES string of the molecule is O=c1[nH]c(CSc2cccc[n+]2[O-])nc2scc(-c3ccccc3)c12. The number of nitrogens with one attached hydrogen (secondary N) is 1. The van der Waals surface area contributed by atoms with Crippen LogP contribution in [-0.2, 0) is 5.75 Å². The van der Waals surface area contributed by atoms with Gasteiger partial charge in [-0.25, -0.2) is 4.98 Å². The normalized spacial score (nSPS) is 11.0. The molecule has 3 aromatic heterocycles. The number of rotatable bonds is 4. The second-order valence-electron chi connectivity index (χ2n) is 5.36. The van der Waals surface area contributed by atoms with Gasteiger partial charge in [-0.15, -0.1) is 11.3 Å². The molecule has 0 bridgehead atoms. The summed E-state index contributed by atoms with van der Waals surface area (Å²) in [5.74, 6) is 0.989. The fraction of sp³-hybridized carbons (Fsp3) is 0.0556. The highest BCUT2D eigenvalue weighted by Gasteiger charge is 2.14. The van der Waals surface area contributed by atoms with Crippen molar-refractivity contribution in [2.45, 2.75) is 10.8 Å². The van der Waals surface area contributed by atoms with Crippen LogP contribution in [0.2, 0.25) is 0 Å². The number of aromatic nitrogens is 3. The van der Waals surface area contributed by atoms with Gasteiger partial charge in [0.2, 0.25) is 0 Å². The van der Waals surface area contributed by atoms with Crippen molar-refractivity contribution in [3.05, 3.63) is 81.5 Å². The molecule has 1 aromatic carbocycles. The van der Waals surface area contributed by atoms with E-state index in [2.05, 4.69) is 9.97 Å². The van der Waals surface area contributed by atoms with Crippen LogP contribution in [0.1, 0.15) is 5.82 Å². The van der Waals surface area contributed by atoms with E-state index in [1.807, 2.05) is 41.8 Å². The predicted molar refractivity (Wildman–Crippen MR) is 101 cm³/mol. The van der Waals surface area contributed by atoms with Crippen molar-refractivity contribution >= 4 is 33.3 Å². The molecule has 0 saturated heterocycles. The molecular formula is C18H13N3O2S2. The van der Waals surface area contributed by atoms with Crippen molar-refractivity contribution in [1.29, 1.82) is 0 Å². The molecule has 0 aliphatic rings. The lowest BCUT2D eigenvalue weighted by atomic mass is 10.1. The van der Waals surface area contributed by atoms with Gasteiger partial charge in [-0.2, -0.15) is 4.73 Å². The van der Waals surface area contributed by atoms with Crippen LogP contribution < -0.4 is 10.3 Å². The van der Waals surface area contributed by atoms with Crippen LogP contribution in [0.3, 0.4) is 0 Å². The highest BCUT2D eigenvalue weighted by Crippen LogP contribution is 2.30. The van der Waals surface area contributed by atoms with E-state index in [1.165, 1.54) is 29.3 Å². The van der Waals surface area contributed by atoms with Crippen molar-refractivity contribution in [3.8, 4) is 11.1 Å². The molecule has 0 unspecified atom stereocenters. The van der Waals surface area contributed by atoms with Gasteiger partial charge in [-0.05, 0) is 23.4 Å². The summed E-state index contributed by atoms with van der Waals surface area (Å²) in [5.41, 5.74) is 1.75. The van der Waals surface area contributed by atoms with Crippen LogP contribution in [0.5, 0.6) is 0 Å². The Morgan fingerprint density at radius 1 is 1.16 bits per heavy atom. The number of thiophene rings is 1. The van der Waals surface area contributed by atoms with Crippen molar-refractivity contribution in [1.82, 2.24) is 9.97 Å². The number of aromatic amines is 1. The molecule has 0 radical (unpaired) electrons. The van der Waals surface area contributed by atoms with Crippen LogP contribution >= 0.6 is 23.1 Å². The summed E-state index contributed by atoms with van der Waals surface area (Å²) < 4.78 is 0.806. The van der Waals surface area contributed by atoms with Crippen molar-refractivity contribution < 1.29 is 4.73 Å². The third-order valence-corrected chi connectivity index (χ3v) is 5.62. The monoisotopic (exact) mass is 367 g/mol. The first-order valence-corrected chi connectivity index (χ1v) is 9.46. The third-order valence-electron chi connectivity index (χ3n) is 3.72. The average molecular weight is 367 g/mol. The lowest BCUT2D eigenvalue weighted by Gasteiger charge is -2.03. The Bertz CT molecular complexity index is 1090. The molecule has 0 saturated carbocycles. The van der Waals surface area contributed by atoms with E-state index in [-0.39, 0.29) is 5.56 Å². The lowest BCUT2D eigenvalue weighted by Crippen LogP contribution is -2.27. The van der Waals surface area contributed by atoms with Gasteiger partial charge in [0, 0.05) is 23.1 Å². The third kappa shape index (κ3) is 3.16. The number of fused-ring (bicyclic) bond motifs is 1. The Morgan fingerprint density at radius 2 is 1.96 bits per heavy atom. The average Bonchev–Trinajstić information content (AvgIpc) is 3.06. The number of H-pyrrole nitrogens is 1. The smallest absolute Gasteiger partial charge is 0.260 e. The van der Waals surface area contributed by atoms with Crippen LogP contribution in [0.25, 0.3) is 21.3 Å². The molecule has 3 heterocycles. The van der Waals surface area contributed by atoms with Crippen molar-refractivity contribution in [2.24, 2.45) is 0 Å². The zero-order valence-corrected chi connectivity index (χ0v) is 14.6. The molecule has 4 aromatic rings. The molecule has 7 heteroatoms. The van der Waals surface area contributed by atoms with Crippen molar-refractivity contribution in [3.63, 3.8) is 0 Å². The van der Waals surface area contributed by atoms with E-state index in [4.69, 9.17) is 0 Å². The molecule has 0 aliphatic carbocycles. The van der Waals surface area contributed by atoms with E-state index >= 15 is 0 Å². The van der Waals surface area contributed by atoms with Crippen LogP contribution in [0, 0.1) is 5.21 Å². The van der Waals surface area contributed by atoms with Crippen molar-refractivity contribution in [2.75, 3.05) is 0 Å². The number of pyridine rings is 1. The molecule has 0 aliphatic heterocycles. The zero-order chi connectivity index (χ0) is 17.2. The first-order chi connectivity index (χ1) is 12.2. The number of thioether (sulfide) groups is 1. The zero-order valence-electron chi connectivity index (χ0n) is 13.0. The van der Waals surface area contributed by atoms with Gasteiger partial charge in [0.15, 0.2) is 6.20 Å².